The predicted molar refractivity (Wildman–Crippen MR) is 132 cm³/mol. The third-order valence-corrected chi connectivity index (χ3v) is 6.03. The van der Waals surface area contributed by atoms with Crippen molar-refractivity contribution in [3.8, 4) is 0 Å². The van der Waals surface area contributed by atoms with E-state index in [2.05, 4.69) is 36.0 Å². The van der Waals surface area contributed by atoms with Gasteiger partial charge in [-0.25, -0.2) is 18.9 Å². The van der Waals surface area contributed by atoms with Gasteiger partial charge in [0.15, 0.2) is 17.2 Å². The lowest BCUT2D eigenvalue weighted by Gasteiger charge is -2.27. The van der Waals surface area contributed by atoms with Gasteiger partial charge in [0.2, 0.25) is 0 Å². The molecule has 0 atom stereocenters. The summed E-state index contributed by atoms with van der Waals surface area (Å²) >= 11 is 6.04. The number of carbonyl (C=O) groups is 1. The van der Waals surface area contributed by atoms with Gasteiger partial charge in [0.25, 0.3) is 5.91 Å². The average Bonchev–Trinajstić information content (AvgIpc) is 3.27. The van der Waals surface area contributed by atoms with Crippen molar-refractivity contribution < 1.29 is 9.18 Å². The summed E-state index contributed by atoms with van der Waals surface area (Å²) in [6.45, 7) is 0. The summed E-state index contributed by atoms with van der Waals surface area (Å²) in [5, 5.41) is 14.1. The molecule has 0 radical (unpaired) electrons. The molecule has 0 bridgehead atoms. The summed E-state index contributed by atoms with van der Waals surface area (Å²) in [5.41, 5.74) is 7.14. The number of pyridine rings is 2. The zero-order valence-electron chi connectivity index (χ0n) is 18.6. The summed E-state index contributed by atoms with van der Waals surface area (Å²) in [5.74, 6) is -0.157. The van der Waals surface area contributed by atoms with E-state index in [1.165, 1.54) is 23.0 Å². The maximum atomic E-state index is 14.0. The monoisotopic (exact) mass is 495 g/mol. The molecule has 10 nitrogen and oxygen atoms in total. The first-order chi connectivity index (χ1) is 17.0. The molecule has 0 aromatic carbocycles. The Bertz CT molecular complexity index is 1370. The Kier molecular flexibility index (Phi) is 6.43. The second kappa shape index (κ2) is 9.80. The zero-order valence-corrected chi connectivity index (χ0v) is 19.3. The lowest BCUT2D eigenvalue weighted by molar-refractivity contribution is 0.102. The van der Waals surface area contributed by atoms with Crippen molar-refractivity contribution in [3.63, 3.8) is 0 Å². The maximum absolute atomic E-state index is 14.0. The number of carbonyl (C=O) groups excluding carboxylic acids is 1. The van der Waals surface area contributed by atoms with Gasteiger partial charge in [-0.15, -0.1) is 5.10 Å². The van der Waals surface area contributed by atoms with Crippen molar-refractivity contribution in [2.45, 2.75) is 37.8 Å². The van der Waals surface area contributed by atoms with E-state index in [1.54, 1.807) is 18.2 Å². The molecular formula is C23H23ClFN9O. The minimum Gasteiger partial charge on any atom is -0.366 e. The number of rotatable bonds is 6. The van der Waals surface area contributed by atoms with Crippen LogP contribution in [0.2, 0.25) is 5.15 Å². The molecule has 1 fully saturated rings. The zero-order chi connectivity index (χ0) is 24.4. The Morgan fingerprint density at radius 3 is 2.71 bits per heavy atom. The number of imidazole rings is 1. The van der Waals surface area contributed by atoms with Crippen LogP contribution in [0.5, 0.6) is 0 Å². The van der Waals surface area contributed by atoms with Gasteiger partial charge in [-0.05, 0) is 43.9 Å². The van der Waals surface area contributed by atoms with Crippen LogP contribution in [-0.2, 0) is 0 Å². The van der Waals surface area contributed by atoms with E-state index < -0.39 is 11.7 Å². The fraction of sp³-hybridized carbons (Fsp3) is 0.261. The molecule has 0 spiro atoms. The minimum atomic E-state index is -0.644. The molecule has 1 aliphatic carbocycles. The predicted octanol–water partition coefficient (Wildman–Crippen LogP) is 3.99. The average molecular weight is 496 g/mol. The number of aromatic nitrogens is 5. The van der Waals surface area contributed by atoms with Gasteiger partial charge < -0.3 is 21.7 Å². The van der Waals surface area contributed by atoms with Crippen LogP contribution in [0.3, 0.4) is 0 Å². The van der Waals surface area contributed by atoms with Gasteiger partial charge in [0.05, 0.1) is 23.8 Å². The summed E-state index contributed by atoms with van der Waals surface area (Å²) in [4.78, 5) is 25.4. The molecule has 5 rings (SSSR count). The van der Waals surface area contributed by atoms with Crippen molar-refractivity contribution >= 4 is 46.2 Å². The van der Waals surface area contributed by atoms with Gasteiger partial charge in [0.1, 0.15) is 16.8 Å². The molecule has 4 heterocycles. The van der Waals surface area contributed by atoms with E-state index in [0.29, 0.717) is 28.1 Å². The van der Waals surface area contributed by atoms with E-state index in [0.717, 1.165) is 31.9 Å². The van der Waals surface area contributed by atoms with Gasteiger partial charge >= 0.3 is 0 Å². The first-order valence-corrected chi connectivity index (χ1v) is 11.6. The van der Waals surface area contributed by atoms with Crippen LogP contribution in [0.4, 0.5) is 27.4 Å². The van der Waals surface area contributed by atoms with Crippen LogP contribution in [0.25, 0.3) is 5.65 Å². The van der Waals surface area contributed by atoms with E-state index in [1.807, 2.05) is 6.07 Å². The van der Waals surface area contributed by atoms with E-state index >= 15 is 0 Å². The maximum Gasteiger partial charge on any atom is 0.276 e. The van der Waals surface area contributed by atoms with Crippen LogP contribution in [0, 0.1) is 5.82 Å². The molecule has 0 saturated heterocycles. The van der Waals surface area contributed by atoms with Crippen LogP contribution in [0.15, 0.2) is 48.9 Å². The van der Waals surface area contributed by atoms with E-state index in [4.69, 9.17) is 17.3 Å². The molecule has 5 N–H and O–H groups in total. The molecule has 12 heteroatoms. The molecular weight excluding hydrogens is 473 g/mol. The molecule has 35 heavy (non-hydrogen) atoms. The second-order valence-electron chi connectivity index (χ2n) is 8.36. The van der Waals surface area contributed by atoms with Crippen molar-refractivity contribution in [3.05, 3.63) is 65.6 Å². The Labute approximate surface area is 205 Å². The standard InChI is InChI=1S/C23H23ClFN9O/c24-19-2-1-3-20(32-19)30-17-10-21(29-14-6-4-13(26)5-7-14)33-34-18(12-28-22(17)34)23(35)31-16-8-9-27-11-15(16)25/h1-3,8-14H,4-7,26H2,(H,29,33)(H,30,32)(H,27,31,35)/t13-,14-. The molecule has 1 saturated carbocycles. The van der Waals surface area contributed by atoms with Crippen LogP contribution < -0.4 is 21.7 Å². The quantitative estimate of drug-likeness (QED) is 0.295. The normalized spacial score (nSPS) is 17.8. The van der Waals surface area contributed by atoms with Gasteiger partial charge in [-0.1, -0.05) is 17.7 Å². The number of amides is 1. The number of nitrogens with one attached hydrogen (secondary N) is 3. The minimum absolute atomic E-state index is 0.00856. The number of halogens is 2. The lowest BCUT2D eigenvalue weighted by Crippen LogP contribution is -2.33. The third kappa shape index (κ3) is 5.15. The Balaban J connectivity index is 1.51. The number of fused-ring (bicyclic) bond motifs is 1. The first kappa shape index (κ1) is 22.9. The van der Waals surface area contributed by atoms with Crippen molar-refractivity contribution in [2.24, 2.45) is 5.73 Å². The topological polar surface area (TPSA) is 135 Å². The van der Waals surface area contributed by atoms with E-state index in [9.17, 15) is 9.18 Å². The largest absolute Gasteiger partial charge is 0.366 e. The summed E-state index contributed by atoms with van der Waals surface area (Å²) in [6, 6.07) is 8.81. The van der Waals surface area contributed by atoms with Crippen LogP contribution >= 0.6 is 11.6 Å². The second-order valence-corrected chi connectivity index (χ2v) is 8.75. The SMILES string of the molecule is N[C@H]1CC[C@H](Nc2cc(Nc3cccc(Cl)n3)c3ncc(C(=O)Nc4ccncc4F)n3n2)CC1. The van der Waals surface area contributed by atoms with Crippen LogP contribution in [-0.4, -0.2) is 42.6 Å². The number of nitrogens with two attached hydrogens (primary N) is 1. The molecule has 0 aliphatic heterocycles. The molecule has 4 aromatic heterocycles. The summed E-state index contributed by atoms with van der Waals surface area (Å²) < 4.78 is 15.4. The highest BCUT2D eigenvalue weighted by atomic mass is 35.5. The number of hydrogen-bond donors (Lipinski definition) is 4. The molecule has 4 aromatic rings. The van der Waals surface area contributed by atoms with Crippen molar-refractivity contribution in [2.75, 3.05) is 16.0 Å². The summed E-state index contributed by atoms with van der Waals surface area (Å²) in [6.07, 6.45) is 7.48. The lowest BCUT2D eigenvalue weighted by atomic mass is 9.92. The fourth-order valence-corrected chi connectivity index (χ4v) is 4.20. The molecule has 1 aliphatic rings. The highest BCUT2D eigenvalue weighted by molar-refractivity contribution is 6.29. The number of hydrogen-bond acceptors (Lipinski definition) is 8. The number of nitrogens with zero attached hydrogens (tertiary/aromatic N) is 5. The molecule has 1 amide bonds. The smallest absolute Gasteiger partial charge is 0.276 e. The van der Waals surface area contributed by atoms with Crippen LogP contribution in [0.1, 0.15) is 36.2 Å². The molecule has 180 valence electrons. The first-order valence-electron chi connectivity index (χ1n) is 11.2. The van der Waals surface area contributed by atoms with Crippen molar-refractivity contribution in [1.29, 1.82) is 0 Å². The highest BCUT2D eigenvalue weighted by Gasteiger charge is 2.22. The summed E-state index contributed by atoms with van der Waals surface area (Å²) in [7, 11) is 0. The Morgan fingerprint density at radius 1 is 1.11 bits per heavy atom. The number of anilines is 4. The van der Waals surface area contributed by atoms with Gasteiger partial charge in [0, 0.05) is 24.3 Å². The molecule has 0 unspecified atom stereocenters. The van der Waals surface area contributed by atoms with Gasteiger partial charge in [-0.2, -0.15) is 0 Å². The third-order valence-electron chi connectivity index (χ3n) is 5.82. The fourth-order valence-electron chi connectivity index (χ4n) is 4.04. The Hall–Kier alpha value is -3.83. The van der Waals surface area contributed by atoms with Gasteiger partial charge in [-0.3, -0.25) is 9.78 Å². The highest BCUT2D eigenvalue weighted by Crippen LogP contribution is 2.27. The Morgan fingerprint density at radius 2 is 1.94 bits per heavy atom. The van der Waals surface area contributed by atoms with Crippen molar-refractivity contribution in [1.82, 2.24) is 24.6 Å². The van der Waals surface area contributed by atoms with E-state index in [-0.39, 0.29) is 23.5 Å².